The Bertz CT molecular complexity index is 1840. The van der Waals surface area contributed by atoms with Gasteiger partial charge in [0.2, 0.25) is 0 Å². The fraction of sp³-hybridized carbons (Fsp3) is 0.250. The van der Waals surface area contributed by atoms with Crippen molar-refractivity contribution in [1.82, 2.24) is 10.0 Å². The second-order valence-corrected chi connectivity index (χ2v) is 11.4. The minimum Gasteiger partial charge on any atom is -0.271 e. The van der Waals surface area contributed by atoms with Crippen molar-refractivity contribution in [2.24, 2.45) is 21.4 Å². The van der Waals surface area contributed by atoms with Gasteiger partial charge in [0.05, 0.1) is 22.4 Å². The maximum absolute atomic E-state index is 14.0. The van der Waals surface area contributed by atoms with Crippen LogP contribution in [0.15, 0.2) is 93.8 Å². The molecule has 0 bridgehead atoms. The molecule has 14 heteroatoms. The Labute approximate surface area is 260 Å². The minimum absolute atomic E-state index is 0.142. The van der Waals surface area contributed by atoms with Gasteiger partial charge in [-0.25, -0.2) is 18.7 Å². The molecule has 1 saturated carbocycles. The Morgan fingerprint density at radius 3 is 2.28 bits per heavy atom. The van der Waals surface area contributed by atoms with Crippen LogP contribution >= 0.6 is 0 Å². The van der Waals surface area contributed by atoms with Gasteiger partial charge in [0.15, 0.2) is 12.1 Å². The predicted molar refractivity (Wildman–Crippen MR) is 160 cm³/mol. The van der Waals surface area contributed by atoms with E-state index in [4.69, 9.17) is 5.10 Å². The summed E-state index contributed by atoms with van der Waals surface area (Å²) in [5.74, 6) is -2.81. The summed E-state index contributed by atoms with van der Waals surface area (Å²) < 4.78 is 27.4. The first-order valence-electron chi connectivity index (χ1n) is 14.6. The fourth-order valence-electron chi connectivity index (χ4n) is 6.50. The molecule has 0 unspecified atom stereocenters. The van der Waals surface area contributed by atoms with Crippen LogP contribution in [0.1, 0.15) is 36.4 Å². The lowest BCUT2D eigenvalue weighted by Crippen LogP contribution is -2.45. The molecule has 46 heavy (non-hydrogen) atoms. The summed E-state index contributed by atoms with van der Waals surface area (Å²) in [6, 6.07) is 14.0. The van der Waals surface area contributed by atoms with Gasteiger partial charge in [-0.2, -0.15) is 10.2 Å². The van der Waals surface area contributed by atoms with E-state index in [1.807, 2.05) is 6.08 Å². The number of hydrogen-bond donors (Lipinski definition) is 0. The summed E-state index contributed by atoms with van der Waals surface area (Å²) in [5, 5.41) is 26.3. The van der Waals surface area contributed by atoms with Crippen molar-refractivity contribution in [2.45, 2.75) is 37.4 Å². The normalized spacial score (nSPS) is 24.4. The number of benzene rings is 3. The second kappa shape index (κ2) is 11.4. The standard InChI is InChI=1S/C32H25F2N7O5/c33-21-8-4-18(5-9-21)16-20-2-1-3-25-27(20)36-40(29(25)19-6-10-22(34)11-7-19)26(42)17-38-30-28(35-37-38)31(43)39(32(30)44)23-12-14-24(15-13-23)41(45)46/h4-16,25,28-30H,1-3,17H2/b20-16-/t25-,28+,29-,30-/m0/s1. The van der Waals surface area contributed by atoms with Gasteiger partial charge in [0.1, 0.15) is 18.2 Å². The number of nitro benzene ring substituents is 1. The number of nitrogens with zero attached hydrogens (tertiary/aromatic N) is 7. The SMILES string of the molecule is O=C1[C@@H]2[C@@H](N=NN2CC(=O)N2N=C3/C(=C\c4ccc(F)cc4)CCC[C@@H]3[C@@H]2c2ccc(F)cc2)C(=O)N1c1ccc([N+](=O)[O-])cc1. The van der Waals surface area contributed by atoms with E-state index in [0.717, 1.165) is 33.9 Å². The number of carbonyl (C=O) groups excluding carboxylic acids is 3. The molecule has 12 nitrogen and oxygen atoms in total. The van der Waals surface area contributed by atoms with Crippen molar-refractivity contribution in [3.8, 4) is 0 Å². The maximum atomic E-state index is 14.0. The lowest BCUT2D eigenvalue weighted by atomic mass is 9.77. The van der Waals surface area contributed by atoms with Gasteiger partial charge in [0, 0.05) is 18.1 Å². The maximum Gasteiger partial charge on any atom is 0.269 e. The zero-order valence-electron chi connectivity index (χ0n) is 24.1. The Balaban J connectivity index is 1.17. The van der Waals surface area contributed by atoms with E-state index in [2.05, 4.69) is 10.3 Å². The van der Waals surface area contributed by atoms with Crippen LogP contribution in [0.5, 0.6) is 0 Å². The number of allylic oxidation sites excluding steroid dienone is 1. The van der Waals surface area contributed by atoms with Crippen LogP contribution in [0.2, 0.25) is 0 Å². The molecule has 1 aliphatic carbocycles. The smallest absolute Gasteiger partial charge is 0.269 e. The van der Waals surface area contributed by atoms with E-state index in [9.17, 15) is 33.3 Å². The van der Waals surface area contributed by atoms with E-state index >= 15 is 0 Å². The second-order valence-electron chi connectivity index (χ2n) is 11.4. The van der Waals surface area contributed by atoms with Gasteiger partial charge in [-0.15, -0.1) is 0 Å². The molecule has 0 radical (unpaired) electrons. The fourth-order valence-corrected chi connectivity index (χ4v) is 6.50. The van der Waals surface area contributed by atoms with E-state index in [0.29, 0.717) is 17.7 Å². The minimum atomic E-state index is -1.18. The average molecular weight is 626 g/mol. The van der Waals surface area contributed by atoms with Crippen LogP contribution in [0, 0.1) is 27.7 Å². The lowest BCUT2D eigenvalue weighted by molar-refractivity contribution is -0.384. The van der Waals surface area contributed by atoms with E-state index in [1.165, 1.54) is 53.5 Å². The number of hydrazone groups is 1. The summed E-state index contributed by atoms with van der Waals surface area (Å²) in [4.78, 5) is 52.0. The van der Waals surface area contributed by atoms with E-state index in [1.54, 1.807) is 24.3 Å². The van der Waals surface area contributed by atoms with Crippen LogP contribution < -0.4 is 4.90 Å². The molecule has 3 amide bonds. The highest BCUT2D eigenvalue weighted by atomic mass is 19.1. The first-order valence-corrected chi connectivity index (χ1v) is 14.6. The van der Waals surface area contributed by atoms with Crippen molar-refractivity contribution in [3.05, 3.63) is 111 Å². The van der Waals surface area contributed by atoms with Gasteiger partial charge in [-0.1, -0.05) is 29.5 Å². The van der Waals surface area contributed by atoms with Gasteiger partial charge < -0.3 is 0 Å². The molecule has 2 fully saturated rings. The Hall–Kier alpha value is -5.66. The molecule has 3 aromatic carbocycles. The quantitative estimate of drug-likeness (QED) is 0.215. The van der Waals surface area contributed by atoms with Crippen molar-refractivity contribution >= 4 is 40.9 Å². The highest BCUT2D eigenvalue weighted by molar-refractivity contribution is 6.25. The largest absolute Gasteiger partial charge is 0.271 e. The first kappa shape index (κ1) is 29.1. The number of fused-ring (bicyclic) bond motifs is 2. The molecule has 0 N–H and O–H groups in total. The zero-order valence-corrected chi connectivity index (χ0v) is 24.1. The third-order valence-corrected chi connectivity index (χ3v) is 8.65. The highest BCUT2D eigenvalue weighted by Gasteiger charge is 2.55. The van der Waals surface area contributed by atoms with Crippen molar-refractivity contribution < 1.29 is 28.1 Å². The molecule has 7 rings (SSSR count). The Morgan fingerprint density at radius 1 is 0.935 bits per heavy atom. The van der Waals surface area contributed by atoms with Crippen LogP contribution in [0.25, 0.3) is 6.08 Å². The van der Waals surface area contributed by atoms with E-state index in [-0.39, 0.29) is 23.1 Å². The highest BCUT2D eigenvalue weighted by Crippen LogP contribution is 2.45. The summed E-state index contributed by atoms with van der Waals surface area (Å²) in [7, 11) is 0. The molecular formula is C32H25F2N7O5. The van der Waals surface area contributed by atoms with Gasteiger partial charge >= 0.3 is 0 Å². The van der Waals surface area contributed by atoms with Crippen molar-refractivity contribution in [1.29, 1.82) is 0 Å². The number of amides is 3. The summed E-state index contributed by atoms with van der Waals surface area (Å²) in [6.07, 6.45) is 4.16. The van der Waals surface area contributed by atoms with Crippen molar-refractivity contribution in [2.75, 3.05) is 11.4 Å². The number of imide groups is 1. The van der Waals surface area contributed by atoms with Gasteiger partial charge in [-0.3, -0.25) is 29.5 Å². The van der Waals surface area contributed by atoms with Crippen LogP contribution in [-0.4, -0.2) is 57.0 Å². The van der Waals surface area contributed by atoms with Gasteiger partial charge in [0.25, 0.3) is 23.4 Å². The number of carbonyl (C=O) groups is 3. The van der Waals surface area contributed by atoms with E-state index < -0.39 is 53.1 Å². The number of hydrogen-bond acceptors (Lipinski definition) is 9. The zero-order chi connectivity index (χ0) is 32.1. The average Bonchev–Trinajstić information content (AvgIpc) is 3.72. The van der Waals surface area contributed by atoms with Gasteiger partial charge in [-0.05, 0) is 78.4 Å². The Morgan fingerprint density at radius 2 is 1.61 bits per heavy atom. The molecule has 3 aliphatic heterocycles. The molecule has 3 heterocycles. The monoisotopic (exact) mass is 625 g/mol. The molecule has 3 aromatic rings. The van der Waals surface area contributed by atoms with Crippen LogP contribution in [0.3, 0.4) is 0 Å². The number of halogens is 2. The van der Waals surface area contributed by atoms with Crippen molar-refractivity contribution in [3.63, 3.8) is 0 Å². The predicted octanol–water partition coefficient (Wildman–Crippen LogP) is 4.99. The number of anilines is 1. The summed E-state index contributed by atoms with van der Waals surface area (Å²) in [6.45, 7) is -0.421. The first-order chi connectivity index (χ1) is 22.2. The van der Waals surface area contributed by atoms with Crippen LogP contribution in [0.4, 0.5) is 20.2 Å². The third-order valence-electron chi connectivity index (χ3n) is 8.65. The molecule has 0 spiro atoms. The number of non-ortho nitro benzene ring substituents is 1. The molecule has 0 aromatic heterocycles. The number of rotatable bonds is 6. The molecular weight excluding hydrogens is 600 g/mol. The molecule has 4 aliphatic rings. The third kappa shape index (κ3) is 5.01. The summed E-state index contributed by atoms with van der Waals surface area (Å²) in [5.41, 5.74) is 3.02. The number of nitro groups is 1. The lowest BCUT2D eigenvalue weighted by Gasteiger charge is -2.30. The molecule has 232 valence electrons. The Kier molecular flexibility index (Phi) is 7.18. The topological polar surface area (TPSA) is 141 Å². The molecule has 4 atom stereocenters. The molecule has 1 saturated heterocycles. The summed E-state index contributed by atoms with van der Waals surface area (Å²) >= 11 is 0. The van der Waals surface area contributed by atoms with Crippen LogP contribution in [-0.2, 0) is 14.4 Å².